The summed E-state index contributed by atoms with van der Waals surface area (Å²) in [4.78, 5) is 12.0. The SMILES string of the molecule is O=C(NCCS(=O)(=O)c1ccccc1)c1cc(Cl)ccc1F. The van der Waals surface area contributed by atoms with Gasteiger partial charge in [0.15, 0.2) is 9.84 Å². The van der Waals surface area contributed by atoms with Crippen LogP contribution in [0.1, 0.15) is 10.4 Å². The van der Waals surface area contributed by atoms with Gasteiger partial charge in [-0.15, -0.1) is 0 Å². The van der Waals surface area contributed by atoms with Crippen LogP contribution < -0.4 is 5.32 Å². The fraction of sp³-hybridized carbons (Fsp3) is 0.133. The average molecular weight is 342 g/mol. The second kappa shape index (κ2) is 6.89. The lowest BCUT2D eigenvalue weighted by atomic mass is 10.2. The smallest absolute Gasteiger partial charge is 0.254 e. The number of rotatable bonds is 5. The first-order valence-electron chi connectivity index (χ1n) is 6.41. The van der Waals surface area contributed by atoms with E-state index in [9.17, 15) is 17.6 Å². The van der Waals surface area contributed by atoms with E-state index in [1.54, 1.807) is 18.2 Å². The van der Waals surface area contributed by atoms with Crippen LogP contribution in [0.2, 0.25) is 5.02 Å². The molecular weight excluding hydrogens is 329 g/mol. The summed E-state index contributed by atoms with van der Waals surface area (Å²) in [6.07, 6.45) is 0. The summed E-state index contributed by atoms with van der Waals surface area (Å²) in [7, 11) is -3.49. The molecule has 0 saturated heterocycles. The molecule has 1 amide bonds. The highest BCUT2D eigenvalue weighted by atomic mass is 35.5. The Balaban J connectivity index is 1.99. The Morgan fingerprint density at radius 1 is 1.14 bits per heavy atom. The highest BCUT2D eigenvalue weighted by molar-refractivity contribution is 7.91. The van der Waals surface area contributed by atoms with Crippen LogP contribution in [0, 0.1) is 5.82 Å². The quantitative estimate of drug-likeness (QED) is 0.909. The van der Waals surface area contributed by atoms with E-state index < -0.39 is 21.6 Å². The molecule has 2 aromatic carbocycles. The number of benzene rings is 2. The molecule has 0 aliphatic rings. The molecule has 1 N–H and O–H groups in total. The van der Waals surface area contributed by atoms with Crippen LogP contribution in [0.5, 0.6) is 0 Å². The van der Waals surface area contributed by atoms with Crippen molar-refractivity contribution in [3.63, 3.8) is 0 Å². The van der Waals surface area contributed by atoms with Gasteiger partial charge in [-0.05, 0) is 30.3 Å². The predicted octanol–water partition coefficient (Wildman–Crippen LogP) is 2.68. The van der Waals surface area contributed by atoms with Gasteiger partial charge >= 0.3 is 0 Å². The van der Waals surface area contributed by atoms with Gasteiger partial charge in [0.1, 0.15) is 5.82 Å². The number of carbonyl (C=O) groups is 1. The van der Waals surface area contributed by atoms with Gasteiger partial charge in [-0.25, -0.2) is 12.8 Å². The van der Waals surface area contributed by atoms with E-state index in [0.29, 0.717) is 0 Å². The summed E-state index contributed by atoms with van der Waals surface area (Å²) in [5.41, 5.74) is -0.218. The summed E-state index contributed by atoms with van der Waals surface area (Å²) in [6, 6.07) is 11.5. The van der Waals surface area contributed by atoms with E-state index in [4.69, 9.17) is 11.6 Å². The van der Waals surface area contributed by atoms with Crippen LogP contribution in [0.15, 0.2) is 53.4 Å². The van der Waals surface area contributed by atoms with Gasteiger partial charge in [-0.3, -0.25) is 4.79 Å². The minimum Gasteiger partial charge on any atom is -0.351 e. The highest BCUT2D eigenvalue weighted by Crippen LogP contribution is 2.15. The Hall–Kier alpha value is -1.92. The van der Waals surface area contributed by atoms with Crippen molar-refractivity contribution >= 4 is 27.3 Å². The second-order valence-corrected chi connectivity index (χ2v) is 7.06. The Morgan fingerprint density at radius 3 is 2.50 bits per heavy atom. The number of carbonyl (C=O) groups excluding carboxylic acids is 1. The van der Waals surface area contributed by atoms with E-state index in [1.165, 1.54) is 24.3 Å². The molecular formula is C15H13ClFNO3S. The molecule has 0 unspecified atom stereocenters. The molecule has 0 radical (unpaired) electrons. The molecule has 0 aromatic heterocycles. The Kier molecular flexibility index (Phi) is 5.15. The molecule has 2 rings (SSSR count). The lowest BCUT2D eigenvalue weighted by Gasteiger charge is -2.07. The van der Waals surface area contributed by atoms with E-state index in [0.717, 1.165) is 6.07 Å². The maximum atomic E-state index is 13.5. The van der Waals surface area contributed by atoms with E-state index >= 15 is 0 Å². The number of hydrogen-bond acceptors (Lipinski definition) is 3. The van der Waals surface area contributed by atoms with E-state index in [2.05, 4.69) is 5.32 Å². The number of halogens is 2. The topological polar surface area (TPSA) is 63.2 Å². The molecule has 7 heteroatoms. The van der Waals surface area contributed by atoms with Crippen molar-refractivity contribution in [2.24, 2.45) is 0 Å². The zero-order chi connectivity index (χ0) is 16.2. The zero-order valence-corrected chi connectivity index (χ0v) is 13.0. The van der Waals surface area contributed by atoms with Gasteiger partial charge in [-0.1, -0.05) is 29.8 Å². The third kappa shape index (κ3) is 4.05. The molecule has 0 bridgehead atoms. The Morgan fingerprint density at radius 2 is 1.82 bits per heavy atom. The maximum Gasteiger partial charge on any atom is 0.254 e. The molecule has 0 spiro atoms. The summed E-state index contributed by atoms with van der Waals surface area (Å²) < 4.78 is 37.6. The van der Waals surface area contributed by atoms with E-state index in [1.807, 2.05) is 0 Å². The van der Waals surface area contributed by atoms with Crippen LogP contribution in [-0.2, 0) is 9.84 Å². The van der Waals surface area contributed by atoms with Crippen molar-refractivity contribution in [1.29, 1.82) is 0 Å². The first-order valence-corrected chi connectivity index (χ1v) is 8.44. The van der Waals surface area contributed by atoms with Gasteiger partial charge < -0.3 is 5.32 Å². The fourth-order valence-electron chi connectivity index (χ4n) is 1.81. The molecule has 0 saturated carbocycles. The maximum absolute atomic E-state index is 13.5. The molecule has 0 fully saturated rings. The second-order valence-electron chi connectivity index (χ2n) is 4.51. The lowest BCUT2D eigenvalue weighted by molar-refractivity contribution is 0.0952. The van der Waals surface area contributed by atoms with Gasteiger partial charge in [-0.2, -0.15) is 0 Å². The van der Waals surface area contributed by atoms with Gasteiger partial charge in [0.25, 0.3) is 5.91 Å². The number of nitrogens with one attached hydrogen (secondary N) is 1. The minimum absolute atomic E-state index is 0.123. The van der Waals surface area contributed by atoms with Gasteiger partial charge in [0, 0.05) is 11.6 Å². The summed E-state index contributed by atoms with van der Waals surface area (Å²) in [5.74, 6) is -1.69. The molecule has 116 valence electrons. The molecule has 22 heavy (non-hydrogen) atoms. The van der Waals surface area contributed by atoms with Crippen LogP contribution >= 0.6 is 11.6 Å². The van der Waals surface area contributed by atoms with Gasteiger partial charge in [0.05, 0.1) is 16.2 Å². The van der Waals surface area contributed by atoms with Crippen LogP contribution in [0.4, 0.5) is 4.39 Å². The highest BCUT2D eigenvalue weighted by Gasteiger charge is 2.16. The summed E-state index contributed by atoms with van der Waals surface area (Å²) in [5, 5.41) is 2.60. The largest absolute Gasteiger partial charge is 0.351 e. The van der Waals surface area contributed by atoms with Crippen LogP contribution in [0.25, 0.3) is 0 Å². The molecule has 0 heterocycles. The molecule has 4 nitrogen and oxygen atoms in total. The first-order chi connectivity index (χ1) is 10.4. The first kappa shape index (κ1) is 16.5. The third-order valence-electron chi connectivity index (χ3n) is 2.93. The van der Waals surface area contributed by atoms with Crippen molar-refractivity contribution in [3.05, 3.63) is 64.9 Å². The van der Waals surface area contributed by atoms with Crippen molar-refractivity contribution in [1.82, 2.24) is 5.32 Å². The summed E-state index contributed by atoms with van der Waals surface area (Å²) in [6.45, 7) is -0.123. The van der Waals surface area contributed by atoms with Crippen LogP contribution in [0.3, 0.4) is 0 Å². The molecule has 0 aliphatic heterocycles. The summed E-state index contributed by atoms with van der Waals surface area (Å²) >= 11 is 5.71. The molecule has 2 aromatic rings. The molecule has 0 atom stereocenters. The molecule has 0 aliphatic carbocycles. The van der Waals surface area contributed by atoms with Gasteiger partial charge in [0.2, 0.25) is 0 Å². The monoisotopic (exact) mass is 341 g/mol. The Bertz CT molecular complexity index is 779. The number of hydrogen-bond donors (Lipinski definition) is 1. The number of amides is 1. The fourth-order valence-corrected chi connectivity index (χ4v) is 3.16. The number of sulfone groups is 1. The van der Waals surface area contributed by atoms with Crippen molar-refractivity contribution in [2.75, 3.05) is 12.3 Å². The van der Waals surface area contributed by atoms with Crippen molar-refractivity contribution in [3.8, 4) is 0 Å². The minimum atomic E-state index is -3.49. The lowest BCUT2D eigenvalue weighted by Crippen LogP contribution is -2.29. The van der Waals surface area contributed by atoms with Crippen LogP contribution in [-0.4, -0.2) is 26.6 Å². The Labute approximate surface area is 132 Å². The normalized spacial score (nSPS) is 11.2. The predicted molar refractivity (Wildman–Crippen MR) is 82.2 cm³/mol. The standard InChI is InChI=1S/C15H13ClFNO3S/c16-11-6-7-14(17)13(10-11)15(19)18-8-9-22(20,21)12-4-2-1-3-5-12/h1-7,10H,8-9H2,(H,18,19). The third-order valence-corrected chi connectivity index (χ3v) is 4.90. The van der Waals surface area contributed by atoms with Crippen molar-refractivity contribution in [2.45, 2.75) is 4.90 Å². The zero-order valence-electron chi connectivity index (χ0n) is 11.4. The average Bonchev–Trinajstić information content (AvgIpc) is 2.50. The van der Waals surface area contributed by atoms with E-state index in [-0.39, 0.29) is 27.8 Å². The van der Waals surface area contributed by atoms with Crippen molar-refractivity contribution < 1.29 is 17.6 Å².